The van der Waals surface area contributed by atoms with E-state index in [1.165, 1.54) is 0 Å². The summed E-state index contributed by atoms with van der Waals surface area (Å²) < 4.78 is 5.78. The molecule has 0 fully saturated rings. The van der Waals surface area contributed by atoms with Crippen molar-refractivity contribution in [2.45, 2.75) is 32.9 Å². The first-order valence-corrected chi connectivity index (χ1v) is 11.4. The zero-order valence-corrected chi connectivity index (χ0v) is 19.7. The van der Waals surface area contributed by atoms with E-state index in [1.807, 2.05) is 80.6 Å². The number of benzene rings is 3. The second kappa shape index (κ2) is 12.1. The molecule has 0 bridgehead atoms. The number of carbonyl (C=O) groups is 2. The van der Waals surface area contributed by atoms with Gasteiger partial charge in [0.15, 0.2) is 6.61 Å². The molecule has 0 aliphatic heterocycles. The Labute approximate surface area is 200 Å². The van der Waals surface area contributed by atoms with Crippen LogP contribution in [-0.2, 0) is 22.6 Å². The van der Waals surface area contributed by atoms with Crippen LogP contribution in [0.15, 0.2) is 78.9 Å². The number of nitrogens with one attached hydrogen (secondary N) is 1. The number of ether oxygens (including phenoxy) is 1. The molecule has 1 N–H and O–H groups in total. The molecule has 0 aliphatic rings. The maximum Gasteiger partial charge on any atom is 0.261 e. The molecule has 1 atom stereocenters. The monoisotopic (exact) mass is 464 g/mol. The summed E-state index contributed by atoms with van der Waals surface area (Å²) in [5.74, 6) is 0.158. The zero-order valence-electron chi connectivity index (χ0n) is 19.0. The Hall–Kier alpha value is -3.31. The molecule has 3 aromatic carbocycles. The number of halogens is 1. The molecule has 3 rings (SSSR count). The lowest BCUT2D eigenvalue weighted by atomic mass is 10.0. The normalized spacial score (nSPS) is 11.5. The van der Waals surface area contributed by atoms with Crippen LogP contribution >= 0.6 is 11.6 Å². The van der Waals surface area contributed by atoms with E-state index in [0.29, 0.717) is 23.7 Å². The van der Waals surface area contributed by atoms with Crippen molar-refractivity contribution in [3.05, 3.63) is 101 Å². The maximum atomic E-state index is 13.4. The summed E-state index contributed by atoms with van der Waals surface area (Å²) in [5.41, 5.74) is 2.90. The Kier molecular flexibility index (Phi) is 8.90. The molecule has 2 amide bonds. The number of amides is 2. The van der Waals surface area contributed by atoms with E-state index < -0.39 is 6.04 Å². The smallest absolute Gasteiger partial charge is 0.261 e. The molecule has 5 nitrogen and oxygen atoms in total. The second-order valence-corrected chi connectivity index (χ2v) is 8.29. The second-order valence-electron chi connectivity index (χ2n) is 7.85. The third-order valence-electron chi connectivity index (χ3n) is 5.24. The van der Waals surface area contributed by atoms with Crippen LogP contribution < -0.4 is 10.1 Å². The van der Waals surface area contributed by atoms with Crippen LogP contribution in [-0.4, -0.2) is 35.9 Å². The van der Waals surface area contributed by atoms with E-state index in [-0.39, 0.29) is 25.0 Å². The third-order valence-corrected chi connectivity index (χ3v) is 5.49. The molecular weight excluding hydrogens is 436 g/mol. The fraction of sp³-hybridized carbons (Fsp3) is 0.259. The highest BCUT2D eigenvalue weighted by Crippen LogP contribution is 2.18. The standard InChI is InChI=1S/C27H29ClN2O3/c1-3-29-27(32)25(17-21-9-5-4-6-10-21)30(18-22-12-14-23(28)15-13-22)26(31)19-33-24-11-7-8-20(2)16-24/h4-16,25H,3,17-19H2,1-2H3,(H,29,32)/t25-/m0/s1. The molecule has 0 heterocycles. The van der Waals surface area contributed by atoms with Crippen LogP contribution in [0.5, 0.6) is 5.75 Å². The fourth-order valence-electron chi connectivity index (χ4n) is 3.57. The lowest BCUT2D eigenvalue weighted by Gasteiger charge is -2.31. The molecule has 172 valence electrons. The van der Waals surface area contributed by atoms with Gasteiger partial charge in [-0.05, 0) is 54.8 Å². The fourth-order valence-corrected chi connectivity index (χ4v) is 3.69. The van der Waals surface area contributed by atoms with Gasteiger partial charge in [0, 0.05) is 24.5 Å². The molecule has 6 heteroatoms. The molecular formula is C27H29ClN2O3. The minimum Gasteiger partial charge on any atom is -0.484 e. The predicted octanol–water partition coefficient (Wildman–Crippen LogP) is 4.80. The lowest BCUT2D eigenvalue weighted by Crippen LogP contribution is -2.51. The number of hydrogen-bond donors (Lipinski definition) is 1. The molecule has 0 radical (unpaired) electrons. The van der Waals surface area contributed by atoms with E-state index in [9.17, 15) is 9.59 Å². The zero-order chi connectivity index (χ0) is 23.6. The van der Waals surface area contributed by atoms with Crippen LogP contribution in [0.1, 0.15) is 23.6 Å². The molecule has 0 aliphatic carbocycles. The minimum atomic E-state index is -0.684. The van der Waals surface area contributed by atoms with Crippen molar-refractivity contribution >= 4 is 23.4 Å². The quantitative estimate of drug-likeness (QED) is 0.468. The topological polar surface area (TPSA) is 58.6 Å². The summed E-state index contributed by atoms with van der Waals surface area (Å²) in [6.07, 6.45) is 0.399. The molecule has 0 saturated heterocycles. The van der Waals surface area contributed by atoms with Crippen molar-refractivity contribution in [2.75, 3.05) is 13.2 Å². The molecule has 33 heavy (non-hydrogen) atoms. The Morgan fingerprint density at radius 3 is 2.36 bits per heavy atom. The van der Waals surface area contributed by atoms with Gasteiger partial charge in [-0.15, -0.1) is 0 Å². The van der Waals surface area contributed by atoms with Gasteiger partial charge in [0.1, 0.15) is 11.8 Å². The Morgan fingerprint density at radius 2 is 1.70 bits per heavy atom. The molecule has 0 unspecified atom stereocenters. The molecule has 3 aromatic rings. The van der Waals surface area contributed by atoms with Gasteiger partial charge in [-0.2, -0.15) is 0 Å². The van der Waals surface area contributed by atoms with Gasteiger partial charge in [0.2, 0.25) is 5.91 Å². The molecule has 0 aromatic heterocycles. The lowest BCUT2D eigenvalue weighted by molar-refractivity contribution is -0.142. The van der Waals surface area contributed by atoms with Crippen molar-refractivity contribution in [3.63, 3.8) is 0 Å². The first-order chi connectivity index (χ1) is 16.0. The van der Waals surface area contributed by atoms with E-state index in [1.54, 1.807) is 17.0 Å². The Balaban J connectivity index is 1.88. The Morgan fingerprint density at radius 1 is 0.970 bits per heavy atom. The van der Waals surface area contributed by atoms with Gasteiger partial charge < -0.3 is 15.0 Å². The van der Waals surface area contributed by atoms with Crippen molar-refractivity contribution in [1.82, 2.24) is 10.2 Å². The predicted molar refractivity (Wildman–Crippen MR) is 131 cm³/mol. The molecule has 0 saturated carbocycles. The van der Waals surface area contributed by atoms with Gasteiger partial charge in [-0.3, -0.25) is 9.59 Å². The van der Waals surface area contributed by atoms with Gasteiger partial charge in [-0.1, -0.05) is 66.2 Å². The van der Waals surface area contributed by atoms with E-state index in [0.717, 1.165) is 16.7 Å². The van der Waals surface area contributed by atoms with Gasteiger partial charge >= 0.3 is 0 Å². The van der Waals surface area contributed by atoms with Crippen LogP contribution in [0.2, 0.25) is 5.02 Å². The van der Waals surface area contributed by atoms with Gasteiger partial charge in [0.05, 0.1) is 0 Å². The average molecular weight is 465 g/mol. The van der Waals surface area contributed by atoms with Gasteiger partial charge in [-0.25, -0.2) is 0 Å². The largest absolute Gasteiger partial charge is 0.484 e. The highest BCUT2D eigenvalue weighted by atomic mass is 35.5. The SMILES string of the molecule is CCNC(=O)[C@H](Cc1ccccc1)N(Cc1ccc(Cl)cc1)C(=O)COc1cccc(C)c1. The summed E-state index contributed by atoms with van der Waals surface area (Å²) in [5, 5.41) is 3.50. The molecule has 0 spiro atoms. The van der Waals surface area contributed by atoms with Crippen LogP contribution in [0.25, 0.3) is 0 Å². The van der Waals surface area contributed by atoms with E-state index in [2.05, 4.69) is 5.32 Å². The van der Waals surface area contributed by atoms with Gasteiger partial charge in [0.25, 0.3) is 5.91 Å². The number of aryl methyl sites for hydroxylation is 1. The number of hydrogen-bond acceptors (Lipinski definition) is 3. The number of likely N-dealkylation sites (N-methyl/N-ethyl adjacent to an activating group) is 1. The van der Waals surface area contributed by atoms with Crippen molar-refractivity contribution < 1.29 is 14.3 Å². The number of nitrogens with zero attached hydrogens (tertiary/aromatic N) is 1. The van der Waals surface area contributed by atoms with Crippen molar-refractivity contribution in [3.8, 4) is 5.75 Å². The number of rotatable bonds is 10. The summed E-state index contributed by atoms with van der Waals surface area (Å²) in [6, 6.07) is 23.8. The first kappa shape index (κ1) is 24.3. The highest BCUT2D eigenvalue weighted by Gasteiger charge is 2.30. The third kappa shape index (κ3) is 7.36. The number of carbonyl (C=O) groups excluding carboxylic acids is 2. The maximum absolute atomic E-state index is 13.4. The summed E-state index contributed by atoms with van der Waals surface area (Å²) in [6.45, 7) is 4.41. The van der Waals surface area contributed by atoms with Crippen molar-refractivity contribution in [1.29, 1.82) is 0 Å². The Bertz CT molecular complexity index is 1050. The van der Waals surface area contributed by atoms with E-state index in [4.69, 9.17) is 16.3 Å². The van der Waals surface area contributed by atoms with Crippen LogP contribution in [0.4, 0.5) is 0 Å². The van der Waals surface area contributed by atoms with Crippen LogP contribution in [0, 0.1) is 6.92 Å². The highest BCUT2D eigenvalue weighted by molar-refractivity contribution is 6.30. The van der Waals surface area contributed by atoms with E-state index >= 15 is 0 Å². The van der Waals surface area contributed by atoms with Crippen molar-refractivity contribution in [2.24, 2.45) is 0 Å². The summed E-state index contributed by atoms with van der Waals surface area (Å²) in [7, 11) is 0. The first-order valence-electron chi connectivity index (χ1n) is 11.0. The average Bonchev–Trinajstić information content (AvgIpc) is 2.82. The minimum absolute atomic E-state index is 0.165. The summed E-state index contributed by atoms with van der Waals surface area (Å²) in [4.78, 5) is 28.1. The van der Waals surface area contributed by atoms with Crippen LogP contribution in [0.3, 0.4) is 0 Å². The summed E-state index contributed by atoms with van der Waals surface area (Å²) >= 11 is 6.04.